The van der Waals surface area contributed by atoms with Crippen LogP contribution < -0.4 is 5.32 Å². The standard InChI is InChI=1S/C14H18N2O3S/c1-3-16(2)13(18)10-15-14(19)12-8-7-11(20-12)6-4-5-9-17/h7-8,17H,3,5,9-10H2,1-2H3,(H,15,19). The van der Waals surface area contributed by atoms with Gasteiger partial charge in [-0.05, 0) is 19.1 Å². The van der Waals surface area contributed by atoms with E-state index in [0.717, 1.165) is 4.88 Å². The van der Waals surface area contributed by atoms with E-state index in [9.17, 15) is 9.59 Å². The minimum absolute atomic E-state index is 0.00734. The SMILES string of the molecule is CCN(C)C(=O)CNC(=O)c1ccc(C#CCCO)s1. The molecule has 20 heavy (non-hydrogen) atoms. The van der Waals surface area contributed by atoms with Crippen molar-refractivity contribution < 1.29 is 14.7 Å². The third kappa shape index (κ3) is 5.03. The van der Waals surface area contributed by atoms with Gasteiger partial charge in [-0.1, -0.05) is 11.8 Å². The van der Waals surface area contributed by atoms with Gasteiger partial charge in [0.05, 0.1) is 22.9 Å². The molecule has 0 atom stereocenters. The van der Waals surface area contributed by atoms with Crippen LogP contribution in [0.5, 0.6) is 0 Å². The van der Waals surface area contributed by atoms with Crippen LogP contribution in [0.25, 0.3) is 0 Å². The molecule has 0 saturated carbocycles. The molecule has 0 unspecified atom stereocenters. The molecule has 6 heteroatoms. The Labute approximate surface area is 122 Å². The van der Waals surface area contributed by atoms with Gasteiger partial charge in [-0.15, -0.1) is 11.3 Å². The monoisotopic (exact) mass is 294 g/mol. The first-order valence-corrected chi connectivity index (χ1v) is 7.11. The summed E-state index contributed by atoms with van der Waals surface area (Å²) in [4.78, 5) is 26.2. The van der Waals surface area contributed by atoms with Crippen molar-refractivity contribution in [2.75, 3.05) is 26.7 Å². The van der Waals surface area contributed by atoms with Crippen LogP contribution >= 0.6 is 11.3 Å². The zero-order valence-corrected chi connectivity index (χ0v) is 12.4. The summed E-state index contributed by atoms with van der Waals surface area (Å²) in [7, 11) is 1.69. The fourth-order valence-corrected chi connectivity index (χ4v) is 2.08. The third-order valence-electron chi connectivity index (χ3n) is 2.58. The van der Waals surface area contributed by atoms with Crippen molar-refractivity contribution in [1.82, 2.24) is 10.2 Å². The van der Waals surface area contributed by atoms with Crippen LogP contribution in [0.15, 0.2) is 12.1 Å². The minimum Gasteiger partial charge on any atom is -0.395 e. The van der Waals surface area contributed by atoms with Crippen molar-refractivity contribution in [1.29, 1.82) is 0 Å². The normalized spacial score (nSPS) is 9.55. The number of nitrogens with zero attached hydrogens (tertiary/aromatic N) is 1. The molecule has 0 bridgehead atoms. The quantitative estimate of drug-likeness (QED) is 0.785. The van der Waals surface area contributed by atoms with E-state index in [4.69, 9.17) is 5.11 Å². The Kier molecular flexibility index (Phi) is 6.77. The van der Waals surface area contributed by atoms with Crippen molar-refractivity contribution in [3.63, 3.8) is 0 Å². The van der Waals surface area contributed by atoms with E-state index in [2.05, 4.69) is 17.2 Å². The molecule has 1 heterocycles. The summed E-state index contributed by atoms with van der Waals surface area (Å²) in [5.74, 6) is 5.26. The van der Waals surface area contributed by atoms with E-state index in [1.165, 1.54) is 11.3 Å². The van der Waals surface area contributed by atoms with Gasteiger partial charge in [-0.3, -0.25) is 9.59 Å². The zero-order chi connectivity index (χ0) is 15.0. The van der Waals surface area contributed by atoms with Gasteiger partial charge in [-0.2, -0.15) is 0 Å². The summed E-state index contributed by atoms with van der Waals surface area (Å²) in [6.45, 7) is 2.50. The number of carbonyl (C=O) groups excluding carboxylic acids is 2. The summed E-state index contributed by atoms with van der Waals surface area (Å²) >= 11 is 1.27. The van der Waals surface area contributed by atoms with Crippen molar-refractivity contribution in [2.45, 2.75) is 13.3 Å². The molecule has 1 rings (SSSR count). The Morgan fingerprint density at radius 1 is 1.45 bits per heavy atom. The molecule has 2 N–H and O–H groups in total. The van der Waals surface area contributed by atoms with E-state index in [1.807, 2.05) is 6.92 Å². The van der Waals surface area contributed by atoms with Gasteiger partial charge in [-0.25, -0.2) is 0 Å². The van der Waals surface area contributed by atoms with Gasteiger partial charge in [0.25, 0.3) is 5.91 Å². The molecule has 1 aromatic rings. The molecular formula is C14H18N2O3S. The topological polar surface area (TPSA) is 69.6 Å². The number of thiophene rings is 1. The lowest BCUT2D eigenvalue weighted by Crippen LogP contribution is -2.37. The number of aliphatic hydroxyl groups is 1. The first-order chi connectivity index (χ1) is 9.58. The summed E-state index contributed by atoms with van der Waals surface area (Å²) in [5.41, 5.74) is 0. The molecule has 0 aromatic carbocycles. The highest BCUT2D eigenvalue weighted by molar-refractivity contribution is 7.14. The van der Waals surface area contributed by atoms with Crippen LogP contribution in [0.2, 0.25) is 0 Å². The smallest absolute Gasteiger partial charge is 0.261 e. The van der Waals surface area contributed by atoms with Gasteiger partial charge >= 0.3 is 0 Å². The minimum atomic E-state index is -0.275. The maximum absolute atomic E-state index is 11.8. The Bertz CT molecular complexity index is 528. The Hall–Kier alpha value is -1.84. The maximum Gasteiger partial charge on any atom is 0.261 e. The number of hydrogen-bond acceptors (Lipinski definition) is 4. The molecule has 0 spiro atoms. The number of hydrogen-bond donors (Lipinski definition) is 2. The Balaban J connectivity index is 2.53. The summed E-state index contributed by atoms with van der Waals surface area (Å²) in [6, 6.07) is 3.43. The highest BCUT2D eigenvalue weighted by Crippen LogP contribution is 2.15. The second-order valence-corrected chi connectivity index (χ2v) is 5.11. The third-order valence-corrected chi connectivity index (χ3v) is 3.58. The second kappa shape index (κ2) is 8.35. The Morgan fingerprint density at radius 3 is 2.85 bits per heavy atom. The first kappa shape index (κ1) is 16.2. The van der Waals surface area contributed by atoms with E-state index in [1.54, 1.807) is 24.1 Å². The predicted molar refractivity (Wildman–Crippen MR) is 78.5 cm³/mol. The molecule has 0 aliphatic heterocycles. The lowest BCUT2D eigenvalue weighted by atomic mass is 10.4. The number of rotatable bonds is 5. The van der Waals surface area contributed by atoms with Gasteiger partial charge in [0.15, 0.2) is 0 Å². The van der Waals surface area contributed by atoms with E-state index in [-0.39, 0.29) is 25.0 Å². The van der Waals surface area contributed by atoms with Crippen LogP contribution in [0.1, 0.15) is 27.9 Å². The lowest BCUT2D eigenvalue weighted by molar-refractivity contribution is -0.128. The van der Waals surface area contributed by atoms with Crippen LogP contribution in [-0.2, 0) is 4.79 Å². The molecule has 0 radical (unpaired) electrons. The highest BCUT2D eigenvalue weighted by Gasteiger charge is 2.11. The van der Waals surface area contributed by atoms with Gasteiger partial charge in [0.1, 0.15) is 0 Å². The lowest BCUT2D eigenvalue weighted by Gasteiger charge is -2.14. The Morgan fingerprint density at radius 2 is 2.20 bits per heavy atom. The number of nitrogens with one attached hydrogen (secondary N) is 1. The fourth-order valence-electron chi connectivity index (χ4n) is 1.29. The molecule has 0 fully saturated rings. The number of likely N-dealkylation sites (N-methyl/N-ethyl adjacent to an activating group) is 1. The summed E-state index contributed by atoms with van der Waals surface area (Å²) in [5, 5.41) is 11.2. The van der Waals surface area contributed by atoms with Gasteiger partial charge in [0.2, 0.25) is 5.91 Å². The number of aliphatic hydroxyl groups excluding tert-OH is 1. The van der Waals surface area contributed by atoms with Gasteiger partial charge < -0.3 is 15.3 Å². The maximum atomic E-state index is 11.8. The van der Waals surface area contributed by atoms with Crippen molar-refractivity contribution in [3.8, 4) is 11.8 Å². The highest BCUT2D eigenvalue weighted by atomic mass is 32.1. The van der Waals surface area contributed by atoms with Gasteiger partial charge in [0, 0.05) is 20.0 Å². The van der Waals surface area contributed by atoms with Crippen LogP contribution in [0, 0.1) is 11.8 Å². The molecule has 0 aliphatic rings. The largest absolute Gasteiger partial charge is 0.395 e. The number of amides is 2. The predicted octanol–water partition coefficient (Wildman–Crippen LogP) is 0.690. The molecular weight excluding hydrogens is 276 g/mol. The molecule has 5 nitrogen and oxygen atoms in total. The van der Waals surface area contributed by atoms with E-state index in [0.29, 0.717) is 17.8 Å². The van der Waals surface area contributed by atoms with Crippen molar-refractivity contribution >= 4 is 23.2 Å². The molecule has 108 valence electrons. The fraction of sp³-hybridized carbons (Fsp3) is 0.429. The van der Waals surface area contributed by atoms with Crippen molar-refractivity contribution in [2.24, 2.45) is 0 Å². The zero-order valence-electron chi connectivity index (χ0n) is 11.6. The van der Waals surface area contributed by atoms with E-state index >= 15 is 0 Å². The van der Waals surface area contributed by atoms with Crippen LogP contribution in [-0.4, -0.2) is 48.6 Å². The summed E-state index contributed by atoms with van der Waals surface area (Å²) in [6.07, 6.45) is 0.414. The average molecular weight is 294 g/mol. The molecule has 0 saturated heterocycles. The summed E-state index contributed by atoms with van der Waals surface area (Å²) < 4.78 is 0. The first-order valence-electron chi connectivity index (χ1n) is 6.30. The number of carbonyl (C=O) groups is 2. The van der Waals surface area contributed by atoms with Crippen molar-refractivity contribution in [3.05, 3.63) is 21.9 Å². The van der Waals surface area contributed by atoms with E-state index < -0.39 is 0 Å². The van der Waals surface area contributed by atoms with Crippen LogP contribution in [0.3, 0.4) is 0 Å². The van der Waals surface area contributed by atoms with Crippen LogP contribution in [0.4, 0.5) is 0 Å². The second-order valence-electron chi connectivity index (χ2n) is 4.03. The molecule has 0 aliphatic carbocycles. The molecule has 2 amide bonds. The average Bonchev–Trinajstić information content (AvgIpc) is 2.92. The molecule has 1 aromatic heterocycles.